The highest BCUT2D eigenvalue weighted by atomic mass is 19.1. The van der Waals surface area contributed by atoms with Gasteiger partial charge in [0.25, 0.3) is 5.91 Å². The van der Waals surface area contributed by atoms with E-state index in [1.54, 1.807) is 31.3 Å². The number of rotatable bonds is 4. The van der Waals surface area contributed by atoms with E-state index in [1.807, 2.05) is 0 Å². The first-order valence-electron chi connectivity index (χ1n) is 8.22. The average Bonchev–Trinajstić information content (AvgIpc) is 2.63. The van der Waals surface area contributed by atoms with Gasteiger partial charge in [0.2, 0.25) is 5.91 Å². The van der Waals surface area contributed by atoms with Crippen molar-refractivity contribution in [2.45, 2.75) is 5.60 Å². The van der Waals surface area contributed by atoms with Crippen LogP contribution in [0.5, 0.6) is 0 Å². The smallest absolute Gasteiger partial charge is 0.254 e. The first kappa shape index (κ1) is 18.7. The maximum atomic E-state index is 13.4. The van der Waals surface area contributed by atoms with Crippen molar-refractivity contribution in [2.75, 3.05) is 25.0 Å². The van der Waals surface area contributed by atoms with Gasteiger partial charge in [-0.25, -0.2) is 8.78 Å². The second-order valence-electron chi connectivity index (χ2n) is 6.50. The van der Waals surface area contributed by atoms with E-state index in [0.29, 0.717) is 11.3 Å². The largest absolute Gasteiger partial charge is 0.381 e. The Bertz CT molecular complexity index is 886. The molecule has 2 amide bonds. The second kappa shape index (κ2) is 6.92. The molecule has 3 rings (SSSR count). The number of benzene rings is 2. The number of amides is 2. The molecule has 0 aliphatic carbocycles. The van der Waals surface area contributed by atoms with Crippen molar-refractivity contribution in [3.05, 3.63) is 77.9 Å². The molecule has 7 heteroatoms. The third-order valence-electron chi connectivity index (χ3n) is 4.60. The Morgan fingerprint density at radius 3 is 2.22 bits per heavy atom. The van der Waals surface area contributed by atoms with Crippen LogP contribution < -0.4 is 4.90 Å². The number of carbonyl (C=O) groups excluding carboxylic acids is 2. The van der Waals surface area contributed by atoms with E-state index < -0.39 is 17.2 Å². The molecule has 1 heterocycles. The van der Waals surface area contributed by atoms with E-state index in [4.69, 9.17) is 0 Å². The fraction of sp³-hybridized carbons (Fsp3) is 0.200. The first-order valence-corrected chi connectivity index (χ1v) is 8.22. The number of nitrogens with zero attached hydrogens (tertiary/aromatic N) is 2. The van der Waals surface area contributed by atoms with Crippen LogP contribution >= 0.6 is 0 Å². The molecule has 0 bridgehead atoms. The number of hydrogen-bond donors (Lipinski definition) is 1. The molecule has 1 aliphatic rings. The minimum atomic E-state index is -1.48. The summed E-state index contributed by atoms with van der Waals surface area (Å²) < 4.78 is 26.7. The van der Waals surface area contributed by atoms with E-state index >= 15 is 0 Å². The Balaban J connectivity index is 1.70. The van der Waals surface area contributed by atoms with Crippen molar-refractivity contribution in [1.82, 2.24) is 4.90 Å². The zero-order chi connectivity index (χ0) is 19.8. The van der Waals surface area contributed by atoms with Gasteiger partial charge >= 0.3 is 0 Å². The number of likely N-dealkylation sites (tertiary alicyclic amines) is 1. The summed E-state index contributed by atoms with van der Waals surface area (Å²) in [4.78, 5) is 26.9. The van der Waals surface area contributed by atoms with Gasteiger partial charge in [0.15, 0.2) is 0 Å². The van der Waals surface area contributed by atoms with Gasteiger partial charge in [-0.1, -0.05) is 6.58 Å². The van der Waals surface area contributed by atoms with Crippen molar-refractivity contribution in [3.8, 4) is 0 Å². The van der Waals surface area contributed by atoms with E-state index in [9.17, 15) is 23.5 Å². The lowest BCUT2D eigenvalue weighted by atomic mass is 9.85. The van der Waals surface area contributed by atoms with Crippen LogP contribution in [0.3, 0.4) is 0 Å². The molecule has 0 atom stereocenters. The van der Waals surface area contributed by atoms with Crippen LogP contribution in [0.15, 0.2) is 55.1 Å². The van der Waals surface area contributed by atoms with Crippen LogP contribution in [0.1, 0.15) is 15.9 Å². The summed E-state index contributed by atoms with van der Waals surface area (Å²) in [5.74, 6) is -2.15. The second-order valence-corrected chi connectivity index (χ2v) is 6.50. The monoisotopic (exact) mass is 372 g/mol. The maximum absolute atomic E-state index is 13.4. The van der Waals surface area contributed by atoms with Gasteiger partial charge in [0, 0.05) is 24.4 Å². The third kappa shape index (κ3) is 3.59. The number of aliphatic hydroxyl groups is 1. The number of β-amino-alcohol motifs (C(OH)–C–C–N with tert-alkyl or cyclic N) is 1. The Kier molecular flexibility index (Phi) is 4.80. The summed E-state index contributed by atoms with van der Waals surface area (Å²) in [5.41, 5.74) is -0.392. The number of carbonyl (C=O) groups is 2. The van der Waals surface area contributed by atoms with Crippen LogP contribution in [-0.2, 0) is 10.4 Å². The lowest BCUT2D eigenvalue weighted by Gasteiger charge is -2.46. The van der Waals surface area contributed by atoms with Gasteiger partial charge in [0.05, 0.1) is 13.1 Å². The van der Waals surface area contributed by atoms with Crippen molar-refractivity contribution < 1.29 is 23.5 Å². The molecule has 0 aromatic heterocycles. The zero-order valence-electron chi connectivity index (χ0n) is 14.7. The molecular weight excluding hydrogens is 354 g/mol. The molecule has 0 unspecified atom stereocenters. The van der Waals surface area contributed by atoms with Gasteiger partial charge in [0.1, 0.15) is 17.2 Å². The predicted molar refractivity (Wildman–Crippen MR) is 96.2 cm³/mol. The van der Waals surface area contributed by atoms with Gasteiger partial charge < -0.3 is 14.9 Å². The molecule has 140 valence electrons. The van der Waals surface area contributed by atoms with Gasteiger partial charge in [-0.2, -0.15) is 0 Å². The van der Waals surface area contributed by atoms with E-state index in [2.05, 4.69) is 6.58 Å². The minimum Gasteiger partial charge on any atom is -0.381 e. The molecule has 0 radical (unpaired) electrons. The van der Waals surface area contributed by atoms with E-state index in [1.165, 1.54) is 15.9 Å². The molecule has 1 fully saturated rings. The Morgan fingerprint density at radius 2 is 1.70 bits per heavy atom. The topological polar surface area (TPSA) is 60.9 Å². The molecular formula is C20H18F2N2O3. The van der Waals surface area contributed by atoms with Crippen molar-refractivity contribution in [2.24, 2.45) is 0 Å². The fourth-order valence-corrected chi connectivity index (χ4v) is 3.01. The minimum absolute atomic E-state index is 0.0642. The van der Waals surface area contributed by atoms with Crippen molar-refractivity contribution in [3.63, 3.8) is 0 Å². The lowest BCUT2D eigenvalue weighted by molar-refractivity contribution is -0.113. The lowest BCUT2D eigenvalue weighted by Crippen LogP contribution is -2.61. The molecule has 0 saturated carbocycles. The quantitative estimate of drug-likeness (QED) is 0.839. The molecule has 0 spiro atoms. The highest BCUT2D eigenvalue weighted by molar-refractivity contribution is 6.01. The Hall–Kier alpha value is -3.06. The summed E-state index contributed by atoms with van der Waals surface area (Å²) in [6, 6.07) is 9.25. The van der Waals surface area contributed by atoms with E-state index in [-0.39, 0.29) is 30.5 Å². The van der Waals surface area contributed by atoms with Crippen molar-refractivity contribution >= 4 is 17.5 Å². The molecule has 5 nitrogen and oxygen atoms in total. The molecule has 1 N–H and O–H groups in total. The summed E-state index contributed by atoms with van der Waals surface area (Å²) in [5, 5.41) is 10.5. The van der Waals surface area contributed by atoms with Crippen LogP contribution in [0, 0.1) is 11.6 Å². The van der Waals surface area contributed by atoms with Crippen LogP contribution in [0.4, 0.5) is 14.5 Å². The van der Waals surface area contributed by atoms with Crippen LogP contribution in [-0.4, -0.2) is 42.0 Å². The van der Waals surface area contributed by atoms with Crippen molar-refractivity contribution in [1.29, 1.82) is 0 Å². The normalized spacial score (nSPS) is 15.0. The first-order chi connectivity index (χ1) is 12.7. The highest BCUT2D eigenvalue weighted by Gasteiger charge is 2.45. The SMILES string of the molecule is C=CC(=O)N(C)c1ccc(C(=O)N2CC(O)(c3cc(F)cc(F)c3)C2)cc1. The van der Waals surface area contributed by atoms with Crippen LogP contribution in [0.2, 0.25) is 0 Å². The third-order valence-corrected chi connectivity index (χ3v) is 4.60. The average molecular weight is 372 g/mol. The number of anilines is 1. The summed E-state index contributed by atoms with van der Waals surface area (Å²) in [6.07, 6.45) is 1.19. The molecule has 2 aromatic carbocycles. The number of hydrogen-bond acceptors (Lipinski definition) is 3. The molecule has 27 heavy (non-hydrogen) atoms. The summed E-state index contributed by atoms with van der Waals surface area (Å²) in [6.45, 7) is 3.29. The fourth-order valence-electron chi connectivity index (χ4n) is 3.01. The Morgan fingerprint density at radius 1 is 1.15 bits per heavy atom. The maximum Gasteiger partial charge on any atom is 0.254 e. The predicted octanol–water partition coefficient (Wildman–Crippen LogP) is 2.46. The van der Waals surface area contributed by atoms with Crippen LogP contribution in [0.25, 0.3) is 0 Å². The highest BCUT2D eigenvalue weighted by Crippen LogP contribution is 2.33. The standard InChI is InChI=1S/C20H18F2N2O3/c1-3-18(25)23(2)17-6-4-13(5-7-17)19(26)24-11-20(27,12-24)14-8-15(21)10-16(22)9-14/h3-10,27H,1,11-12H2,2H3. The number of halogens is 2. The number of likely N-dealkylation sites (N-methyl/N-ethyl adjacent to an activating group) is 1. The van der Waals surface area contributed by atoms with Gasteiger partial charge in [-0.15, -0.1) is 0 Å². The summed E-state index contributed by atoms with van der Waals surface area (Å²) >= 11 is 0. The molecule has 2 aromatic rings. The van der Waals surface area contributed by atoms with Gasteiger partial charge in [-0.3, -0.25) is 9.59 Å². The summed E-state index contributed by atoms with van der Waals surface area (Å²) in [7, 11) is 1.59. The molecule has 1 saturated heterocycles. The van der Waals surface area contributed by atoms with E-state index in [0.717, 1.165) is 18.2 Å². The molecule has 1 aliphatic heterocycles. The zero-order valence-corrected chi connectivity index (χ0v) is 14.7. The Labute approximate surface area is 155 Å². The van der Waals surface area contributed by atoms with Gasteiger partial charge in [-0.05, 0) is 48.0 Å².